The molecule has 0 heterocycles. The number of nitrogens with one attached hydrogen (secondary N) is 1. The van der Waals surface area contributed by atoms with Crippen LogP contribution in [-0.4, -0.2) is 25.3 Å². The molecule has 0 spiro atoms. The number of benzene rings is 2. The number of carbonyl (C=O) groups is 1. The third-order valence-corrected chi connectivity index (χ3v) is 4.49. The molecule has 2 rings (SSSR count). The maximum atomic E-state index is 11.9. The molecule has 2 aromatic carbocycles. The standard InChI is InChI=1S/C17H15Cl3N2O3/c1-10(11-7-8-12(18)17(20)16(11)19)21-22-15(23)9-25-14-6-4-3-5-13(14)24-2/h3-8H,9H2,1-2H3,(H,22,23)/b21-10-. The van der Waals surface area contributed by atoms with Gasteiger partial charge in [0.05, 0.1) is 27.9 Å². The van der Waals surface area contributed by atoms with E-state index < -0.39 is 5.91 Å². The Balaban J connectivity index is 1.99. The minimum Gasteiger partial charge on any atom is -0.493 e. The Labute approximate surface area is 160 Å². The van der Waals surface area contributed by atoms with E-state index in [4.69, 9.17) is 44.3 Å². The number of halogens is 3. The first kappa shape index (κ1) is 19.4. The van der Waals surface area contributed by atoms with Crippen LogP contribution in [0.15, 0.2) is 41.5 Å². The molecule has 132 valence electrons. The molecular formula is C17H15Cl3N2O3. The maximum absolute atomic E-state index is 11.9. The average Bonchev–Trinajstić information content (AvgIpc) is 2.62. The van der Waals surface area contributed by atoms with Gasteiger partial charge in [-0.15, -0.1) is 0 Å². The molecule has 0 aromatic heterocycles. The topological polar surface area (TPSA) is 59.9 Å². The molecule has 2 aromatic rings. The van der Waals surface area contributed by atoms with Gasteiger partial charge in [0.1, 0.15) is 0 Å². The van der Waals surface area contributed by atoms with Crippen LogP contribution in [0.2, 0.25) is 15.1 Å². The lowest BCUT2D eigenvalue weighted by Crippen LogP contribution is -2.25. The quantitative estimate of drug-likeness (QED) is 0.438. The molecule has 0 fully saturated rings. The Bertz CT molecular complexity index is 810. The van der Waals surface area contributed by atoms with Crippen molar-refractivity contribution >= 4 is 46.4 Å². The first-order valence-electron chi connectivity index (χ1n) is 7.17. The summed E-state index contributed by atoms with van der Waals surface area (Å²) in [7, 11) is 1.52. The van der Waals surface area contributed by atoms with Gasteiger partial charge >= 0.3 is 0 Å². The number of amides is 1. The number of hydrogen-bond donors (Lipinski definition) is 1. The number of hydrazone groups is 1. The van der Waals surface area contributed by atoms with E-state index in [1.54, 1.807) is 43.3 Å². The summed E-state index contributed by atoms with van der Waals surface area (Å²) in [5.74, 6) is 0.576. The highest BCUT2D eigenvalue weighted by molar-refractivity contribution is 6.49. The first-order valence-corrected chi connectivity index (χ1v) is 8.30. The van der Waals surface area contributed by atoms with Gasteiger partial charge in [0.25, 0.3) is 5.91 Å². The fourth-order valence-corrected chi connectivity index (χ4v) is 2.60. The van der Waals surface area contributed by atoms with Gasteiger partial charge in [0.15, 0.2) is 18.1 Å². The zero-order valence-electron chi connectivity index (χ0n) is 13.5. The molecule has 0 atom stereocenters. The smallest absolute Gasteiger partial charge is 0.277 e. The SMILES string of the molecule is COc1ccccc1OCC(=O)N/N=C(/C)c1ccc(Cl)c(Cl)c1Cl. The molecule has 1 amide bonds. The van der Waals surface area contributed by atoms with Crippen molar-refractivity contribution in [2.75, 3.05) is 13.7 Å². The number of para-hydroxylation sites is 2. The van der Waals surface area contributed by atoms with Crippen molar-refractivity contribution in [3.63, 3.8) is 0 Å². The summed E-state index contributed by atoms with van der Waals surface area (Å²) in [5, 5.41) is 4.86. The normalized spacial score (nSPS) is 11.2. The molecule has 0 aliphatic heterocycles. The van der Waals surface area contributed by atoms with Crippen molar-refractivity contribution in [1.82, 2.24) is 5.43 Å². The number of methoxy groups -OCH3 is 1. The average molecular weight is 402 g/mol. The van der Waals surface area contributed by atoms with E-state index in [0.29, 0.717) is 27.8 Å². The van der Waals surface area contributed by atoms with Gasteiger partial charge in [-0.3, -0.25) is 4.79 Å². The predicted molar refractivity (Wildman–Crippen MR) is 100 cm³/mol. The summed E-state index contributed by atoms with van der Waals surface area (Å²) in [6.07, 6.45) is 0. The summed E-state index contributed by atoms with van der Waals surface area (Å²) in [4.78, 5) is 11.9. The van der Waals surface area contributed by atoms with Gasteiger partial charge in [0.2, 0.25) is 0 Å². The number of nitrogens with zero attached hydrogens (tertiary/aromatic N) is 1. The fourth-order valence-electron chi connectivity index (χ4n) is 1.93. The molecule has 0 saturated carbocycles. The van der Waals surface area contributed by atoms with Crippen LogP contribution in [0.25, 0.3) is 0 Å². The zero-order chi connectivity index (χ0) is 18.4. The summed E-state index contributed by atoms with van der Waals surface area (Å²) >= 11 is 18.0. The number of rotatable bonds is 6. The molecule has 5 nitrogen and oxygen atoms in total. The molecule has 1 N–H and O–H groups in total. The summed E-state index contributed by atoms with van der Waals surface area (Å²) in [5.41, 5.74) is 3.45. The molecule has 0 radical (unpaired) electrons. The Morgan fingerprint density at radius 1 is 1.08 bits per heavy atom. The first-order chi connectivity index (χ1) is 11.9. The molecular weight excluding hydrogens is 387 g/mol. The lowest BCUT2D eigenvalue weighted by atomic mass is 10.1. The van der Waals surface area contributed by atoms with Gasteiger partial charge in [-0.25, -0.2) is 5.43 Å². The molecule has 0 aliphatic carbocycles. The number of carbonyl (C=O) groups excluding carboxylic acids is 1. The van der Waals surface area contributed by atoms with Gasteiger partial charge < -0.3 is 9.47 Å². The monoisotopic (exact) mass is 400 g/mol. The fraction of sp³-hybridized carbons (Fsp3) is 0.176. The minimum absolute atomic E-state index is 0.216. The molecule has 0 saturated heterocycles. The van der Waals surface area contributed by atoms with E-state index in [0.717, 1.165) is 0 Å². The van der Waals surface area contributed by atoms with Crippen LogP contribution < -0.4 is 14.9 Å². The van der Waals surface area contributed by atoms with Crippen molar-refractivity contribution in [1.29, 1.82) is 0 Å². The highest BCUT2D eigenvalue weighted by Crippen LogP contribution is 2.32. The zero-order valence-corrected chi connectivity index (χ0v) is 15.7. The van der Waals surface area contributed by atoms with Crippen LogP contribution in [0.4, 0.5) is 0 Å². The minimum atomic E-state index is -0.429. The van der Waals surface area contributed by atoms with Crippen LogP contribution >= 0.6 is 34.8 Å². The van der Waals surface area contributed by atoms with Crippen LogP contribution in [-0.2, 0) is 4.79 Å². The van der Waals surface area contributed by atoms with E-state index in [-0.39, 0.29) is 16.7 Å². The second kappa shape index (κ2) is 8.94. The van der Waals surface area contributed by atoms with Crippen molar-refractivity contribution in [2.24, 2.45) is 5.10 Å². The Morgan fingerprint density at radius 2 is 1.76 bits per heavy atom. The van der Waals surface area contributed by atoms with Gasteiger partial charge in [-0.1, -0.05) is 53.0 Å². The maximum Gasteiger partial charge on any atom is 0.277 e. The van der Waals surface area contributed by atoms with E-state index in [1.807, 2.05) is 0 Å². The van der Waals surface area contributed by atoms with E-state index in [2.05, 4.69) is 10.5 Å². The second-order valence-electron chi connectivity index (χ2n) is 4.89. The largest absolute Gasteiger partial charge is 0.493 e. The van der Waals surface area contributed by atoms with E-state index >= 15 is 0 Å². The van der Waals surface area contributed by atoms with Crippen molar-refractivity contribution in [2.45, 2.75) is 6.92 Å². The summed E-state index contributed by atoms with van der Waals surface area (Å²) in [6, 6.07) is 10.3. The number of ether oxygens (including phenoxy) is 2. The van der Waals surface area contributed by atoms with Crippen molar-refractivity contribution in [3.05, 3.63) is 57.0 Å². The number of hydrogen-bond acceptors (Lipinski definition) is 4. The Kier molecular flexibility index (Phi) is 6.93. The highest BCUT2D eigenvalue weighted by Gasteiger charge is 2.12. The predicted octanol–water partition coefficient (Wildman–Crippen LogP) is 4.57. The molecule has 0 unspecified atom stereocenters. The van der Waals surface area contributed by atoms with E-state index in [9.17, 15) is 4.79 Å². The van der Waals surface area contributed by atoms with Crippen LogP contribution in [0.5, 0.6) is 11.5 Å². The van der Waals surface area contributed by atoms with Gasteiger partial charge in [0, 0.05) is 5.56 Å². The Morgan fingerprint density at radius 3 is 2.44 bits per heavy atom. The molecule has 0 aliphatic rings. The lowest BCUT2D eigenvalue weighted by Gasteiger charge is -2.10. The Hall–Kier alpha value is -1.95. The summed E-state index contributed by atoms with van der Waals surface area (Å²) < 4.78 is 10.6. The third-order valence-electron chi connectivity index (χ3n) is 3.20. The van der Waals surface area contributed by atoms with Crippen molar-refractivity contribution < 1.29 is 14.3 Å². The van der Waals surface area contributed by atoms with Crippen molar-refractivity contribution in [3.8, 4) is 11.5 Å². The van der Waals surface area contributed by atoms with Gasteiger partial charge in [-0.05, 0) is 25.1 Å². The van der Waals surface area contributed by atoms with Crippen LogP contribution in [0, 0.1) is 0 Å². The molecule has 8 heteroatoms. The lowest BCUT2D eigenvalue weighted by molar-refractivity contribution is -0.123. The second-order valence-corrected chi connectivity index (χ2v) is 6.06. The van der Waals surface area contributed by atoms with Crippen LogP contribution in [0.1, 0.15) is 12.5 Å². The summed E-state index contributed by atoms with van der Waals surface area (Å²) in [6.45, 7) is 1.47. The molecule has 0 bridgehead atoms. The van der Waals surface area contributed by atoms with Gasteiger partial charge in [-0.2, -0.15) is 5.10 Å². The highest BCUT2D eigenvalue weighted by atomic mass is 35.5. The van der Waals surface area contributed by atoms with E-state index in [1.165, 1.54) is 7.11 Å². The molecule has 25 heavy (non-hydrogen) atoms. The third kappa shape index (κ3) is 5.01. The van der Waals surface area contributed by atoms with Crippen LogP contribution in [0.3, 0.4) is 0 Å².